The maximum atomic E-state index is 12.6. The van der Waals surface area contributed by atoms with Crippen molar-refractivity contribution in [2.24, 2.45) is 5.73 Å². The van der Waals surface area contributed by atoms with Crippen LogP contribution in [0.5, 0.6) is 5.75 Å². The minimum atomic E-state index is -0.0891. The lowest BCUT2D eigenvalue weighted by atomic mass is 9.93. The van der Waals surface area contributed by atoms with E-state index < -0.39 is 0 Å². The summed E-state index contributed by atoms with van der Waals surface area (Å²) in [6.45, 7) is 5.71. The smallest absolute Gasteiger partial charge is 0.254 e. The third-order valence-electron chi connectivity index (χ3n) is 4.97. The van der Waals surface area contributed by atoms with Crippen molar-refractivity contribution in [3.63, 3.8) is 0 Å². The highest BCUT2D eigenvalue weighted by molar-refractivity contribution is 5.95. The number of nitrogens with two attached hydrogens (primary N) is 1. The van der Waals surface area contributed by atoms with Gasteiger partial charge in [0, 0.05) is 25.6 Å². The highest BCUT2D eigenvalue weighted by atomic mass is 16.3. The van der Waals surface area contributed by atoms with E-state index in [2.05, 4.69) is 10.4 Å². The molecule has 25 heavy (non-hydrogen) atoms. The second-order valence-corrected chi connectivity index (χ2v) is 6.83. The first-order chi connectivity index (χ1) is 12.0. The Hall–Kier alpha value is -2.34. The second-order valence-electron chi connectivity index (χ2n) is 6.83. The van der Waals surface area contributed by atoms with Crippen LogP contribution in [0, 0.1) is 13.8 Å². The summed E-state index contributed by atoms with van der Waals surface area (Å²) in [5.74, 6) is 0.459. The maximum absolute atomic E-state index is 12.6. The number of carbonyl (C=O) groups excluding carboxylic acids is 1. The number of phenols is 1. The fraction of sp³-hybridized carbons (Fsp3) is 0.474. The fourth-order valence-corrected chi connectivity index (χ4v) is 3.64. The van der Waals surface area contributed by atoms with Gasteiger partial charge in [-0.15, -0.1) is 0 Å². The fourth-order valence-electron chi connectivity index (χ4n) is 3.64. The standard InChI is InChI=1S/C19H26N4O2/c1-12-8-14(9-13(2)18(12)24)5-6-21-19(25)16-11-22-23-7-3-4-15(10-20)17(16)23/h8-9,11,15,24H,3-7,10,20H2,1-2H3,(H,21,25). The molecule has 0 bridgehead atoms. The predicted octanol–water partition coefficient (Wildman–Crippen LogP) is 2.01. The molecule has 0 saturated carbocycles. The van der Waals surface area contributed by atoms with Crippen LogP contribution >= 0.6 is 0 Å². The van der Waals surface area contributed by atoms with E-state index in [-0.39, 0.29) is 11.8 Å². The molecular formula is C19H26N4O2. The van der Waals surface area contributed by atoms with Crippen molar-refractivity contribution in [1.29, 1.82) is 0 Å². The molecule has 1 amide bonds. The van der Waals surface area contributed by atoms with Crippen LogP contribution in [0.15, 0.2) is 18.3 Å². The van der Waals surface area contributed by atoms with Crippen molar-refractivity contribution >= 4 is 5.91 Å². The molecule has 134 valence electrons. The second kappa shape index (κ2) is 7.27. The number of benzene rings is 1. The summed E-state index contributed by atoms with van der Waals surface area (Å²) >= 11 is 0. The van der Waals surface area contributed by atoms with Gasteiger partial charge in [-0.05, 0) is 49.8 Å². The lowest BCUT2D eigenvalue weighted by molar-refractivity contribution is 0.0952. The van der Waals surface area contributed by atoms with Crippen LogP contribution in [0.4, 0.5) is 0 Å². The van der Waals surface area contributed by atoms with E-state index in [1.165, 1.54) is 0 Å². The zero-order valence-electron chi connectivity index (χ0n) is 14.9. The highest BCUT2D eigenvalue weighted by Crippen LogP contribution is 2.28. The number of phenolic OH excluding ortho intramolecular Hbond substituents is 1. The Bertz CT molecular complexity index is 759. The first-order valence-electron chi connectivity index (χ1n) is 8.84. The van der Waals surface area contributed by atoms with Crippen LogP contribution < -0.4 is 11.1 Å². The topological polar surface area (TPSA) is 93.2 Å². The van der Waals surface area contributed by atoms with E-state index in [4.69, 9.17) is 5.73 Å². The molecule has 0 radical (unpaired) electrons. The maximum Gasteiger partial charge on any atom is 0.254 e. The number of hydrogen-bond acceptors (Lipinski definition) is 4. The van der Waals surface area contributed by atoms with Crippen molar-refractivity contribution in [1.82, 2.24) is 15.1 Å². The molecule has 1 atom stereocenters. The summed E-state index contributed by atoms with van der Waals surface area (Å²) in [6.07, 6.45) is 4.44. The molecule has 1 unspecified atom stereocenters. The number of amides is 1. The molecule has 0 saturated heterocycles. The number of nitrogens with zero attached hydrogens (tertiary/aromatic N) is 2. The van der Waals surface area contributed by atoms with Crippen LogP contribution in [0.1, 0.15) is 51.5 Å². The minimum Gasteiger partial charge on any atom is -0.507 e. The number of fused-ring (bicyclic) bond motifs is 1. The zero-order chi connectivity index (χ0) is 18.0. The monoisotopic (exact) mass is 342 g/mol. The van der Waals surface area contributed by atoms with Crippen molar-refractivity contribution < 1.29 is 9.90 Å². The minimum absolute atomic E-state index is 0.0891. The van der Waals surface area contributed by atoms with Gasteiger partial charge in [0.2, 0.25) is 0 Å². The van der Waals surface area contributed by atoms with Gasteiger partial charge >= 0.3 is 0 Å². The molecule has 1 aromatic heterocycles. The third-order valence-corrected chi connectivity index (χ3v) is 4.97. The van der Waals surface area contributed by atoms with Crippen LogP contribution in [0.25, 0.3) is 0 Å². The van der Waals surface area contributed by atoms with Gasteiger partial charge in [0.25, 0.3) is 5.91 Å². The van der Waals surface area contributed by atoms with Crippen LogP contribution in [-0.4, -0.2) is 33.9 Å². The van der Waals surface area contributed by atoms with Gasteiger partial charge in [0.05, 0.1) is 17.5 Å². The van der Waals surface area contributed by atoms with Gasteiger partial charge in [-0.3, -0.25) is 9.48 Å². The van der Waals surface area contributed by atoms with Gasteiger partial charge in [-0.2, -0.15) is 5.10 Å². The molecule has 2 heterocycles. The summed E-state index contributed by atoms with van der Waals surface area (Å²) in [7, 11) is 0. The largest absolute Gasteiger partial charge is 0.507 e. The van der Waals surface area contributed by atoms with Gasteiger partial charge in [0.15, 0.2) is 0 Å². The summed E-state index contributed by atoms with van der Waals surface area (Å²) in [4.78, 5) is 12.6. The van der Waals surface area contributed by atoms with Crippen molar-refractivity contribution in [2.45, 2.75) is 45.6 Å². The Labute approximate surface area is 148 Å². The van der Waals surface area contributed by atoms with Gasteiger partial charge < -0.3 is 16.2 Å². The summed E-state index contributed by atoms with van der Waals surface area (Å²) in [6, 6.07) is 3.92. The number of carbonyl (C=O) groups is 1. The Kier molecular flexibility index (Phi) is 5.08. The Balaban J connectivity index is 1.65. The molecule has 1 aromatic carbocycles. The molecule has 1 aliphatic heterocycles. The first-order valence-corrected chi connectivity index (χ1v) is 8.84. The molecular weight excluding hydrogens is 316 g/mol. The molecule has 6 nitrogen and oxygen atoms in total. The molecule has 0 aliphatic carbocycles. The Morgan fingerprint density at radius 2 is 2.12 bits per heavy atom. The molecule has 0 spiro atoms. The zero-order valence-corrected chi connectivity index (χ0v) is 14.9. The van der Waals surface area contributed by atoms with E-state index in [1.54, 1.807) is 6.20 Å². The molecule has 0 fully saturated rings. The van der Waals surface area contributed by atoms with Crippen molar-refractivity contribution in [3.05, 3.63) is 46.3 Å². The number of aryl methyl sites for hydroxylation is 3. The lowest BCUT2D eigenvalue weighted by Crippen LogP contribution is -2.29. The average molecular weight is 342 g/mol. The Morgan fingerprint density at radius 3 is 2.80 bits per heavy atom. The number of aromatic hydroxyl groups is 1. The molecule has 2 aromatic rings. The molecule has 1 aliphatic rings. The van der Waals surface area contributed by atoms with E-state index in [1.807, 2.05) is 30.7 Å². The summed E-state index contributed by atoms with van der Waals surface area (Å²) in [5.41, 5.74) is 10.3. The van der Waals surface area contributed by atoms with Crippen molar-refractivity contribution in [2.75, 3.05) is 13.1 Å². The van der Waals surface area contributed by atoms with E-state index in [9.17, 15) is 9.90 Å². The number of aromatic nitrogens is 2. The number of hydrogen-bond donors (Lipinski definition) is 3. The van der Waals surface area contributed by atoms with Gasteiger partial charge in [0.1, 0.15) is 5.75 Å². The van der Waals surface area contributed by atoms with E-state index in [0.29, 0.717) is 24.4 Å². The van der Waals surface area contributed by atoms with Crippen molar-refractivity contribution in [3.8, 4) is 5.75 Å². The number of nitrogens with one attached hydrogen (secondary N) is 1. The summed E-state index contributed by atoms with van der Waals surface area (Å²) in [5, 5.41) is 17.2. The van der Waals surface area contributed by atoms with Gasteiger partial charge in [-0.1, -0.05) is 12.1 Å². The predicted molar refractivity (Wildman–Crippen MR) is 96.9 cm³/mol. The summed E-state index contributed by atoms with van der Waals surface area (Å²) < 4.78 is 1.92. The van der Waals surface area contributed by atoms with E-state index >= 15 is 0 Å². The SMILES string of the molecule is Cc1cc(CCNC(=O)c2cnn3c2C(CN)CCC3)cc(C)c1O. The number of rotatable bonds is 5. The lowest BCUT2D eigenvalue weighted by Gasteiger charge is -2.23. The molecule has 4 N–H and O–H groups in total. The quantitative estimate of drug-likeness (QED) is 0.775. The van der Waals surface area contributed by atoms with Gasteiger partial charge in [-0.25, -0.2) is 0 Å². The van der Waals surface area contributed by atoms with Crippen LogP contribution in [0.3, 0.4) is 0 Å². The van der Waals surface area contributed by atoms with Crippen LogP contribution in [-0.2, 0) is 13.0 Å². The van der Waals surface area contributed by atoms with E-state index in [0.717, 1.165) is 48.2 Å². The Morgan fingerprint density at radius 1 is 1.40 bits per heavy atom. The highest BCUT2D eigenvalue weighted by Gasteiger charge is 2.26. The van der Waals surface area contributed by atoms with Crippen LogP contribution in [0.2, 0.25) is 0 Å². The molecule has 3 rings (SSSR count). The third kappa shape index (κ3) is 3.54. The normalized spacial score (nSPS) is 16.5. The average Bonchev–Trinajstić information content (AvgIpc) is 3.03. The first kappa shape index (κ1) is 17.5. The molecule has 6 heteroatoms.